The highest BCUT2D eigenvalue weighted by atomic mass is 19.1. The van der Waals surface area contributed by atoms with Crippen LogP contribution in [0.4, 0.5) is 4.39 Å². The van der Waals surface area contributed by atoms with Gasteiger partial charge in [-0.15, -0.1) is 0 Å². The zero-order valence-electron chi connectivity index (χ0n) is 12.5. The van der Waals surface area contributed by atoms with E-state index in [1.807, 2.05) is 0 Å². The number of benzene rings is 2. The first kappa shape index (κ1) is 14.9. The largest absolute Gasteiger partial charge is 0.508 e. The molecule has 0 saturated carbocycles. The van der Waals surface area contributed by atoms with Gasteiger partial charge in [0.1, 0.15) is 17.3 Å². The molecule has 1 aliphatic rings. The second kappa shape index (κ2) is 6.36. The van der Waals surface area contributed by atoms with Gasteiger partial charge >= 0.3 is 0 Å². The maximum Gasteiger partial charge on any atom is 0.131 e. The van der Waals surface area contributed by atoms with Crippen LogP contribution in [0.15, 0.2) is 36.4 Å². The van der Waals surface area contributed by atoms with Crippen LogP contribution in [0.5, 0.6) is 11.5 Å². The van der Waals surface area contributed by atoms with Crippen LogP contribution < -0.4 is 4.74 Å². The van der Waals surface area contributed by atoms with Crippen LogP contribution >= 0.6 is 0 Å². The Balaban J connectivity index is 2.10. The van der Waals surface area contributed by atoms with Crippen molar-refractivity contribution in [1.29, 1.82) is 0 Å². The van der Waals surface area contributed by atoms with E-state index in [1.165, 1.54) is 6.07 Å². The first-order valence-corrected chi connectivity index (χ1v) is 7.43. The molecule has 1 aliphatic heterocycles. The quantitative estimate of drug-likeness (QED) is 0.927. The summed E-state index contributed by atoms with van der Waals surface area (Å²) >= 11 is 0. The molecule has 0 bridgehead atoms. The van der Waals surface area contributed by atoms with E-state index in [0.717, 1.165) is 24.0 Å². The van der Waals surface area contributed by atoms with Crippen LogP contribution in [0.1, 0.15) is 24.3 Å². The Bertz CT molecular complexity index is 663. The zero-order chi connectivity index (χ0) is 15.5. The van der Waals surface area contributed by atoms with E-state index in [1.54, 1.807) is 37.4 Å². The lowest BCUT2D eigenvalue weighted by Gasteiger charge is -2.25. The van der Waals surface area contributed by atoms with Crippen molar-refractivity contribution in [3.8, 4) is 22.6 Å². The summed E-state index contributed by atoms with van der Waals surface area (Å²) in [7, 11) is 1.56. The van der Waals surface area contributed by atoms with Crippen molar-refractivity contribution in [2.24, 2.45) is 0 Å². The Morgan fingerprint density at radius 1 is 1.09 bits per heavy atom. The molecule has 1 heterocycles. The number of hydrogen-bond acceptors (Lipinski definition) is 3. The second-order valence-corrected chi connectivity index (χ2v) is 5.50. The SMILES string of the molecule is COc1ccc(F)c(-c2ccc(O)cc2C2CCOCC2)c1. The van der Waals surface area contributed by atoms with Gasteiger partial charge in [-0.1, -0.05) is 6.07 Å². The minimum absolute atomic E-state index is 0.202. The van der Waals surface area contributed by atoms with E-state index in [4.69, 9.17) is 9.47 Å². The molecule has 0 aromatic heterocycles. The fraction of sp³-hybridized carbons (Fsp3) is 0.333. The topological polar surface area (TPSA) is 38.7 Å². The number of methoxy groups -OCH3 is 1. The highest BCUT2D eigenvalue weighted by molar-refractivity contribution is 5.71. The second-order valence-electron chi connectivity index (χ2n) is 5.50. The molecule has 4 heteroatoms. The van der Waals surface area contributed by atoms with Gasteiger partial charge in [0, 0.05) is 18.8 Å². The summed E-state index contributed by atoms with van der Waals surface area (Å²) in [6, 6.07) is 9.83. The summed E-state index contributed by atoms with van der Waals surface area (Å²) < 4.78 is 24.9. The summed E-state index contributed by atoms with van der Waals surface area (Å²) in [5.74, 6) is 0.789. The van der Waals surface area contributed by atoms with Gasteiger partial charge in [-0.25, -0.2) is 4.39 Å². The predicted molar refractivity (Wildman–Crippen MR) is 82.8 cm³/mol. The average molecular weight is 302 g/mol. The zero-order valence-corrected chi connectivity index (χ0v) is 12.5. The number of halogens is 1. The molecule has 2 aromatic rings. The maximum absolute atomic E-state index is 14.3. The summed E-state index contributed by atoms with van der Waals surface area (Å²) in [5, 5.41) is 9.84. The molecule has 0 atom stereocenters. The van der Waals surface area contributed by atoms with Gasteiger partial charge in [-0.2, -0.15) is 0 Å². The average Bonchev–Trinajstić information content (AvgIpc) is 2.56. The number of phenolic OH excluding ortho intramolecular Hbond substituents is 1. The van der Waals surface area contributed by atoms with Crippen LogP contribution in [-0.4, -0.2) is 25.4 Å². The highest BCUT2D eigenvalue weighted by Crippen LogP contribution is 2.38. The van der Waals surface area contributed by atoms with E-state index in [9.17, 15) is 9.50 Å². The third-order valence-corrected chi connectivity index (χ3v) is 4.16. The van der Waals surface area contributed by atoms with Crippen molar-refractivity contribution in [2.45, 2.75) is 18.8 Å². The number of rotatable bonds is 3. The number of hydrogen-bond donors (Lipinski definition) is 1. The van der Waals surface area contributed by atoms with E-state index in [2.05, 4.69) is 0 Å². The van der Waals surface area contributed by atoms with Gasteiger partial charge in [0.05, 0.1) is 7.11 Å². The summed E-state index contributed by atoms with van der Waals surface area (Å²) in [6.45, 7) is 1.39. The van der Waals surface area contributed by atoms with Crippen LogP contribution in [0, 0.1) is 5.82 Å². The Morgan fingerprint density at radius 2 is 1.86 bits per heavy atom. The molecule has 0 spiro atoms. The van der Waals surface area contributed by atoms with Crippen molar-refractivity contribution in [3.05, 3.63) is 47.8 Å². The Morgan fingerprint density at radius 3 is 2.59 bits per heavy atom. The first-order chi connectivity index (χ1) is 10.7. The molecule has 0 unspecified atom stereocenters. The Labute approximate surface area is 129 Å². The lowest BCUT2D eigenvalue weighted by Crippen LogP contribution is -2.14. The molecular weight excluding hydrogens is 283 g/mol. The minimum Gasteiger partial charge on any atom is -0.508 e. The molecule has 1 N–H and O–H groups in total. The molecule has 0 aliphatic carbocycles. The number of ether oxygens (including phenoxy) is 2. The lowest BCUT2D eigenvalue weighted by atomic mass is 9.85. The monoisotopic (exact) mass is 302 g/mol. The van der Waals surface area contributed by atoms with Crippen LogP contribution in [0.3, 0.4) is 0 Å². The molecule has 2 aromatic carbocycles. The predicted octanol–water partition coefficient (Wildman–Crippen LogP) is 4.10. The van der Waals surface area contributed by atoms with Gasteiger partial charge in [0.15, 0.2) is 0 Å². The third-order valence-electron chi connectivity index (χ3n) is 4.16. The van der Waals surface area contributed by atoms with Crippen LogP contribution in [-0.2, 0) is 4.74 Å². The summed E-state index contributed by atoms with van der Waals surface area (Å²) in [4.78, 5) is 0. The van der Waals surface area contributed by atoms with Crippen LogP contribution in [0.25, 0.3) is 11.1 Å². The molecular formula is C18H19FO3. The summed E-state index contributed by atoms with van der Waals surface area (Å²) in [5.41, 5.74) is 2.28. The van der Waals surface area contributed by atoms with E-state index >= 15 is 0 Å². The molecule has 3 nitrogen and oxygen atoms in total. The van der Waals surface area contributed by atoms with E-state index < -0.39 is 0 Å². The molecule has 1 fully saturated rings. The fourth-order valence-corrected chi connectivity index (χ4v) is 2.98. The van der Waals surface area contributed by atoms with E-state index in [-0.39, 0.29) is 17.5 Å². The fourth-order valence-electron chi connectivity index (χ4n) is 2.98. The molecule has 1 saturated heterocycles. The lowest BCUT2D eigenvalue weighted by molar-refractivity contribution is 0.0854. The van der Waals surface area contributed by atoms with Gasteiger partial charge in [0.2, 0.25) is 0 Å². The smallest absolute Gasteiger partial charge is 0.131 e. The Kier molecular flexibility index (Phi) is 4.29. The molecule has 0 amide bonds. The van der Waals surface area contributed by atoms with Gasteiger partial charge in [0.25, 0.3) is 0 Å². The molecule has 3 rings (SSSR count). The van der Waals surface area contributed by atoms with Gasteiger partial charge in [-0.3, -0.25) is 0 Å². The standard InChI is InChI=1S/C18H19FO3/c1-21-14-3-5-18(19)17(11-14)15-4-2-13(20)10-16(15)12-6-8-22-9-7-12/h2-5,10-12,20H,6-9H2,1H3. The van der Waals surface area contributed by atoms with Crippen molar-refractivity contribution >= 4 is 0 Å². The number of phenols is 1. The van der Waals surface area contributed by atoms with Gasteiger partial charge < -0.3 is 14.6 Å². The molecule has 0 radical (unpaired) electrons. The van der Waals surface area contributed by atoms with Crippen molar-refractivity contribution in [3.63, 3.8) is 0 Å². The van der Waals surface area contributed by atoms with Crippen molar-refractivity contribution in [1.82, 2.24) is 0 Å². The third kappa shape index (κ3) is 2.92. The maximum atomic E-state index is 14.3. The highest BCUT2D eigenvalue weighted by Gasteiger charge is 2.21. The first-order valence-electron chi connectivity index (χ1n) is 7.43. The van der Waals surface area contributed by atoms with Gasteiger partial charge in [-0.05, 0) is 60.2 Å². The molecule has 22 heavy (non-hydrogen) atoms. The van der Waals surface area contributed by atoms with Crippen molar-refractivity contribution < 1.29 is 19.0 Å². The summed E-state index contributed by atoms with van der Waals surface area (Å²) in [6.07, 6.45) is 1.75. The molecule has 116 valence electrons. The van der Waals surface area contributed by atoms with Crippen LogP contribution in [0.2, 0.25) is 0 Å². The normalized spacial score (nSPS) is 15.7. The van der Waals surface area contributed by atoms with E-state index in [0.29, 0.717) is 24.5 Å². The number of aromatic hydroxyl groups is 1. The van der Waals surface area contributed by atoms with Crippen molar-refractivity contribution in [2.75, 3.05) is 20.3 Å². The Hall–Kier alpha value is -2.07. The minimum atomic E-state index is -0.292.